The van der Waals surface area contributed by atoms with Crippen molar-refractivity contribution in [2.24, 2.45) is 0 Å². The molecule has 3 rings (SSSR count). The zero-order valence-corrected chi connectivity index (χ0v) is 8.19. The van der Waals surface area contributed by atoms with E-state index >= 15 is 0 Å². The zero-order valence-electron chi connectivity index (χ0n) is 8.19. The van der Waals surface area contributed by atoms with Crippen molar-refractivity contribution in [2.75, 3.05) is 0 Å². The van der Waals surface area contributed by atoms with Crippen LogP contribution in [0.15, 0.2) is 35.1 Å². The Morgan fingerprint density at radius 3 is 3.00 bits per heavy atom. The van der Waals surface area contributed by atoms with E-state index in [1.54, 1.807) is 6.26 Å². The molecule has 4 heteroatoms. The lowest BCUT2D eigenvalue weighted by Crippen LogP contribution is -1.91. The van der Waals surface area contributed by atoms with Crippen LogP contribution in [0.2, 0.25) is 0 Å². The third-order valence-corrected chi connectivity index (χ3v) is 2.28. The number of H-pyrrole nitrogens is 1. The van der Waals surface area contributed by atoms with Gasteiger partial charge >= 0.3 is 0 Å². The number of aryl methyl sites for hydroxylation is 1. The average molecular weight is 199 g/mol. The third kappa shape index (κ3) is 1.22. The van der Waals surface area contributed by atoms with E-state index in [0.29, 0.717) is 0 Å². The molecular weight excluding hydrogens is 190 g/mol. The molecule has 0 aliphatic rings. The van der Waals surface area contributed by atoms with Crippen LogP contribution in [0, 0.1) is 6.92 Å². The second-order valence-electron chi connectivity index (χ2n) is 3.34. The van der Waals surface area contributed by atoms with E-state index in [9.17, 15) is 0 Å². The summed E-state index contributed by atoms with van der Waals surface area (Å²) in [5, 5.41) is 0.982. The maximum Gasteiger partial charge on any atom is 0.153 e. The molecule has 74 valence electrons. The highest BCUT2D eigenvalue weighted by atomic mass is 16.3. The Balaban J connectivity index is 2.38. The summed E-state index contributed by atoms with van der Waals surface area (Å²) in [6.07, 6.45) is 3.50. The molecule has 0 aliphatic heterocycles. The lowest BCUT2D eigenvalue weighted by Gasteiger charge is -1.99. The Kier molecular flexibility index (Phi) is 1.62. The molecule has 15 heavy (non-hydrogen) atoms. The molecule has 0 fully saturated rings. The number of fused-ring (bicyclic) bond motifs is 1. The lowest BCUT2D eigenvalue weighted by atomic mass is 10.2. The Labute approximate surface area is 86.0 Å². The second kappa shape index (κ2) is 2.95. The molecule has 0 unspecified atom stereocenters. The van der Waals surface area contributed by atoms with Crippen LogP contribution in [0.25, 0.3) is 22.5 Å². The van der Waals surface area contributed by atoms with E-state index in [2.05, 4.69) is 15.0 Å². The van der Waals surface area contributed by atoms with Gasteiger partial charge in [0.1, 0.15) is 17.2 Å². The van der Waals surface area contributed by atoms with Gasteiger partial charge in [-0.25, -0.2) is 9.97 Å². The number of aromatic amines is 1. The van der Waals surface area contributed by atoms with Gasteiger partial charge < -0.3 is 9.40 Å². The van der Waals surface area contributed by atoms with Crippen LogP contribution in [-0.2, 0) is 0 Å². The number of nitrogens with one attached hydrogen (secondary N) is 1. The van der Waals surface area contributed by atoms with E-state index in [0.717, 1.165) is 28.3 Å². The van der Waals surface area contributed by atoms with E-state index in [-0.39, 0.29) is 0 Å². The lowest BCUT2D eigenvalue weighted by molar-refractivity contribution is 0.580. The van der Waals surface area contributed by atoms with Crippen LogP contribution in [0.3, 0.4) is 0 Å². The normalized spacial score (nSPS) is 11.0. The first-order valence-electron chi connectivity index (χ1n) is 4.70. The first-order valence-corrected chi connectivity index (χ1v) is 4.70. The van der Waals surface area contributed by atoms with Crippen LogP contribution in [0.1, 0.15) is 5.82 Å². The van der Waals surface area contributed by atoms with Crippen molar-refractivity contribution < 1.29 is 4.42 Å². The van der Waals surface area contributed by atoms with Gasteiger partial charge in [-0.15, -0.1) is 0 Å². The van der Waals surface area contributed by atoms with Gasteiger partial charge in [0.2, 0.25) is 0 Å². The van der Waals surface area contributed by atoms with Crippen molar-refractivity contribution in [3.05, 3.63) is 36.5 Å². The Morgan fingerprint density at radius 2 is 2.20 bits per heavy atom. The molecule has 0 saturated heterocycles. The predicted octanol–water partition coefficient (Wildman–Crippen LogP) is 2.53. The maximum atomic E-state index is 5.35. The molecular formula is C11H9N3O. The van der Waals surface area contributed by atoms with Crippen LogP contribution >= 0.6 is 0 Å². The number of hydrogen-bond donors (Lipinski definition) is 1. The molecule has 0 atom stereocenters. The summed E-state index contributed by atoms with van der Waals surface area (Å²) >= 11 is 0. The summed E-state index contributed by atoms with van der Waals surface area (Å²) in [5.74, 6) is 1.50. The van der Waals surface area contributed by atoms with Gasteiger partial charge in [0.05, 0.1) is 6.26 Å². The van der Waals surface area contributed by atoms with Gasteiger partial charge in [-0.1, -0.05) is 0 Å². The fraction of sp³-hybridized carbons (Fsp3) is 0.0909. The largest absolute Gasteiger partial charge is 0.463 e. The molecule has 3 aromatic rings. The predicted molar refractivity (Wildman–Crippen MR) is 56.3 cm³/mol. The molecule has 0 spiro atoms. The SMILES string of the molecule is Cc1nc(-c2ccco2)c2cc[nH]c2n1. The smallest absolute Gasteiger partial charge is 0.153 e. The van der Waals surface area contributed by atoms with Crippen molar-refractivity contribution in [3.63, 3.8) is 0 Å². The standard InChI is InChI=1S/C11H9N3O/c1-7-13-10(9-3-2-6-15-9)8-4-5-12-11(8)14-7/h2-6H,1H3,(H,12,13,14). The molecule has 0 bridgehead atoms. The van der Waals surface area contributed by atoms with E-state index in [1.165, 1.54) is 0 Å². The Morgan fingerprint density at radius 1 is 1.27 bits per heavy atom. The fourth-order valence-corrected chi connectivity index (χ4v) is 1.65. The van der Waals surface area contributed by atoms with Crippen LogP contribution in [-0.4, -0.2) is 15.0 Å². The van der Waals surface area contributed by atoms with Crippen molar-refractivity contribution in [1.82, 2.24) is 15.0 Å². The number of rotatable bonds is 1. The molecule has 0 amide bonds. The summed E-state index contributed by atoms with van der Waals surface area (Å²) in [4.78, 5) is 11.8. The Hall–Kier alpha value is -2.10. The number of hydrogen-bond acceptors (Lipinski definition) is 3. The molecule has 0 aromatic carbocycles. The van der Waals surface area contributed by atoms with Gasteiger partial charge in [-0.05, 0) is 25.1 Å². The fourth-order valence-electron chi connectivity index (χ4n) is 1.65. The highest BCUT2D eigenvalue weighted by molar-refractivity contribution is 5.89. The summed E-state index contributed by atoms with van der Waals surface area (Å²) in [6.45, 7) is 1.87. The molecule has 0 radical (unpaired) electrons. The van der Waals surface area contributed by atoms with Gasteiger partial charge in [0.15, 0.2) is 5.76 Å². The van der Waals surface area contributed by atoms with Crippen molar-refractivity contribution in [1.29, 1.82) is 0 Å². The molecule has 3 aromatic heterocycles. The van der Waals surface area contributed by atoms with E-state index in [1.807, 2.05) is 31.3 Å². The van der Waals surface area contributed by atoms with E-state index in [4.69, 9.17) is 4.42 Å². The van der Waals surface area contributed by atoms with Gasteiger partial charge in [-0.3, -0.25) is 0 Å². The molecule has 4 nitrogen and oxygen atoms in total. The van der Waals surface area contributed by atoms with Crippen molar-refractivity contribution in [3.8, 4) is 11.5 Å². The minimum absolute atomic E-state index is 0.733. The highest BCUT2D eigenvalue weighted by Gasteiger charge is 2.10. The molecule has 1 N–H and O–H groups in total. The topological polar surface area (TPSA) is 54.7 Å². The molecule has 0 saturated carbocycles. The van der Waals surface area contributed by atoms with Crippen molar-refractivity contribution >= 4 is 11.0 Å². The van der Waals surface area contributed by atoms with E-state index < -0.39 is 0 Å². The number of aromatic nitrogens is 3. The first-order chi connectivity index (χ1) is 7.34. The minimum Gasteiger partial charge on any atom is -0.463 e. The summed E-state index contributed by atoms with van der Waals surface area (Å²) in [6, 6.07) is 5.70. The maximum absolute atomic E-state index is 5.35. The Bertz CT molecular complexity index is 595. The van der Waals surface area contributed by atoms with Crippen molar-refractivity contribution in [2.45, 2.75) is 6.92 Å². The summed E-state index contributed by atoms with van der Waals surface area (Å²) in [5.41, 5.74) is 1.68. The number of furan rings is 1. The van der Waals surface area contributed by atoms with Gasteiger partial charge in [0.25, 0.3) is 0 Å². The second-order valence-corrected chi connectivity index (χ2v) is 3.34. The summed E-state index contributed by atoms with van der Waals surface area (Å²) < 4.78 is 5.35. The first kappa shape index (κ1) is 8.23. The van der Waals surface area contributed by atoms with Crippen LogP contribution < -0.4 is 0 Å². The third-order valence-electron chi connectivity index (χ3n) is 2.28. The van der Waals surface area contributed by atoms with Crippen LogP contribution in [0.4, 0.5) is 0 Å². The monoisotopic (exact) mass is 199 g/mol. The molecule has 0 aliphatic carbocycles. The zero-order chi connectivity index (χ0) is 10.3. The quantitative estimate of drug-likeness (QED) is 0.655. The minimum atomic E-state index is 0.733. The molecule has 3 heterocycles. The summed E-state index contributed by atoms with van der Waals surface area (Å²) in [7, 11) is 0. The number of nitrogens with zero attached hydrogens (tertiary/aromatic N) is 2. The average Bonchev–Trinajstić information content (AvgIpc) is 2.86. The highest BCUT2D eigenvalue weighted by Crippen LogP contribution is 2.25. The van der Waals surface area contributed by atoms with Gasteiger partial charge in [0, 0.05) is 11.6 Å². The van der Waals surface area contributed by atoms with Gasteiger partial charge in [-0.2, -0.15) is 0 Å². The van der Waals surface area contributed by atoms with Crippen LogP contribution in [0.5, 0.6) is 0 Å².